The Kier molecular flexibility index (Phi) is 4.14. The summed E-state index contributed by atoms with van der Waals surface area (Å²) in [5.74, 6) is 1.33. The molecule has 0 bridgehead atoms. The van der Waals surface area contributed by atoms with E-state index in [-0.39, 0.29) is 18.2 Å². The van der Waals surface area contributed by atoms with Gasteiger partial charge in [0, 0.05) is 31.7 Å². The molecule has 116 valence electrons. The normalized spacial score (nSPS) is 27.0. The number of amides is 2. The molecular formula is C15H23N3O3. The Labute approximate surface area is 124 Å². The molecule has 0 spiro atoms. The monoisotopic (exact) mass is 293 g/mol. The predicted octanol–water partition coefficient (Wildman–Crippen LogP) is 2.05. The third-order valence-corrected chi connectivity index (χ3v) is 4.52. The standard InChI is InChI=1S/C15H23N3O3/c1-10-9-14(21-17-10)12-3-6-18(7-4-12)15(19)16-13-5-8-20-11(13)2/h9,11-13H,3-8H2,1-2H3,(H,16,19). The molecule has 2 fully saturated rings. The summed E-state index contributed by atoms with van der Waals surface area (Å²) in [6.07, 6.45) is 2.88. The molecule has 3 rings (SSSR count). The van der Waals surface area contributed by atoms with Crippen LogP contribution in [0, 0.1) is 6.92 Å². The summed E-state index contributed by atoms with van der Waals surface area (Å²) in [5.41, 5.74) is 0.917. The average molecular weight is 293 g/mol. The van der Waals surface area contributed by atoms with Crippen molar-refractivity contribution in [1.29, 1.82) is 0 Å². The Morgan fingerprint density at radius 3 is 2.71 bits per heavy atom. The van der Waals surface area contributed by atoms with Crippen molar-refractivity contribution in [3.8, 4) is 0 Å². The molecule has 2 aliphatic rings. The summed E-state index contributed by atoms with van der Waals surface area (Å²) < 4.78 is 10.8. The van der Waals surface area contributed by atoms with E-state index in [0.717, 1.165) is 50.4 Å². The van der Waals surface area contributed by atoms with Crippen LogP contribution in [0.5, 0.6) is 0 Å². The maximum Gasteiger partial charge on any atom is 0.317 e. The molecule has 2 aliphatic heterocycles. The predicted molar refractivity (Wildman–Crippen MR) is 77.1 cm³/mol. The minimum atomic E-state index is 0.0320. The molecule has 3 heterocycles. The van der Waals surface area contributed by atoms with E-state index in [9.17, 15) is 4.79 Å². The van der Waals surface area contributed by atoms with Crippen LogP contribution in [-0.4, -0.2) is 47.9 Å². The molecule has 21 heavy (non-hydrogen) atoms. The van der Waals surface area contributed by atoms with Gasteiger partial charge in [0.15, 0.2) is 0 Å². The zero-order valence-corrected chi connectivity index (χ0v) is 12.7. The summed E-state index contributed by atoms with van der Waals surface area (Å²) in [4.78, 5) is 14.2. The summed E-state index contributed by atoms with van der Waals surface area (Å²) in [7, 11) is 0. The van der Waals surface area contributed by atoms with Gasteiger partial charge in [0.1, 0.15) is 5.76 Å². The molecule has 0 radical (unpaired) electrons. The van der Waals surface area contributed by atoms with Gasteiger partial charge < -0.3 is 19.5 Å². The van der Waals surface area contributed by atoms with Crippen LogP contribution < -0.4 is 5.32 Å². The van der Waals surface area contributed by atoms with E-state index >= 15 is 0 Å². The molecule has 2 amide bonds. The number of piperidine rings is 1. The SMILES string of the molecule is Cc1cc(C2CCN(C(=O)NC3CCOC3C)CC2)on1. The van der Waals surface area contributed by atoms with Gasteiger partial charge in [0.05, 0.1) is 17.8 Å². The highest BCUT2D eigenvalue weighted by Crippen LogP contribution is 2.28. The van der Waals surface area contributed by atoms with Gasteiger partial charge in [-0.2, -0.15) is 0 Å². The molecular weight excluding hydrogens is 270 g/mol. The number of nitrogens with one attached hydrogen (secondary N) is 1. The molecule has 1 aromatic rings. The number of nitrogens with zero attached hydrogens (tertiary/aromatic N) is 2. The second-order valence-electron chi connectivity index (χ2n) is 6.05. The number of hydrogen-bond donors (Lipinski definition) is 1. The fourth-order valence-electron chi connectivity index (χ4n) is 3.11. The Morgan fingerprint density at radius 1 is 1.38 bits per heavy atom. The van der Waals surface area contributed by atoms with Crippen molar-refractivity contribution in [2.24, 2.45) is 0 Å². The van der Waals surface area contributed by atoms with Crippen LogP contribution in [0.1, 0.15) is 43.6 Å². The van der Waals surface area contributed by atoms with Gasteiger partial charge in [0.25, 0.3) is 0 Å². The molecule has 0 aliphatic carbocycles. The summed E-state index contributed by atoms with van der Waals surface area (Å²) in [6.45, 7) is 6.20. The fraction of sp³-hybridized carbons (Fsp3) is 0.733. The number of urea groups is 1. The van der Waals surface area contributed by atoms with Gasteiger partial charge in [-0.05, 0) is 33.1 Å². The van der Waals surface area contributed by atoms with E-state index in [1.807, 2.05) is 24.8 Å². The van der Waals surface area contributed by atoms with Crippen molar-refractivity contribution in [3.05, 3.63) is 17.5 Å². The van der Waals surface area contributed by atoms with E-state index in [0.29, 0.717) is 5.92 Å². The largest absolute Gasteiger partial charge is 0.376 e. The first-order valence-corrected chi connectivity index (χ1v) is 7.73. The van der Waals surface area contributed by atoms with Gasteiger partial charge >= 0.3 is 6.03 Å². The molecule has 6 heteroatoms. The third-order valence-electron chi connectivity index (χ3n) is 4.52. The van der Waals surface area contributed by atoms with Crippen LogP contribution in [0.3, 0.4) is 0 Å². The highest BCUT2D eigenvalue weighted by Gasteiger charge is 2.30. The number of carbonyl (C=O) groups is 1. The average Bonchev–Trinajstić information content (AvgIpc) is 3.08. The lowest BCUT2D eigenvalue weighted by atomic mass is 9.94. The molecule has 2 saturated heterocycles. The molecule has 0 aromatic carbocycles. The lowest BCUT2D eigenvalue weighted by molar-refractivity contribution is 0.111. The first kappa shape index (κ1) is 14.4. The lowest BCUT2D eigenvalue weighted by Gasteiger charge is -2.32. The smallest absolute Gasteiger partial charge is 0.317 e. The second kappa shape index (κ2) is 6.05. The maximum absolute atomic E-state index is 12.3. The Morgan fingerprint density at radius 2 is 2.14 bits per heavy atom. The quantitative estimate of drug-likeness (QED) is 0.906. The van der Waals surface area contributed by atoms with E-state index in [1.54, 1.807) is 0 Å². The molecule has 2 unspecified atom stereocenters. The van der Waals surface area contributed by atoms with Crippen LogP contribution in [-0.2, 0) is 4.74 Å². The van der Waals surface area contributed by atoms with E-state index in [1.165, 1.54) is 0 Å². The second-order valence-corrected chi connectivity index (χ2v) is 6.05. The number of hydrogen-bond acceptors (Lipinski definition) is 4. The van der Waals surface area contributed by atoms with Crippen LogP contribution in [0.25, 0.3) is 0 Å². The Bertz CT molecular complexity index is 494. The summed E-state index contributed by atoms with van der Waals surface area (Å²) >= 11 is 0. The first-order valence-electron chi connectivity index (χ1n) is 7.73. The molecule has 1 N–H and O–H groups in total. The van der Waals surface area contributed by atoms with E-state index in [2.05, 4.69) is 10.5 Å². The number of aromatic nitrogens is 1. The van der Waals surface area contributed by atoms with Crippen LogP contribution in [0.4, 0.5) is 4.79 Å². The first-order chi connectivity index (χ1) is 10.1. The van der Waals surface area contributed by atoms with Crippen molar-refractivity contribution < 1.29 is 14.1 Å². The molecule has 0 saturated carbocycles. The minimum Gasteiger partial charge on any atom is -0.376 e. The maximum atomic E-state index is 12.3. The van der Waals surface area contributed by atoms with Gasteiger partial charge in [-0.1, -0.05) is 5.16 Å². The minimum absolute atomic E-state index is 0.0320. The highest BCUT2D eigenvalue weighted by molar-refractivity contribution is 5.74. The summed E-state index contributed by atoms with van der Waals surface area (Å²) in [6, 6.07) is 2.18. The number of carbonyl (C=O) groups excluding carboxylic acids is 1. The number of aryl methyl sites for hydroxylation is 1. The Hall–Kier alpha value is -1.56. The number of ether oxygens (including phenoxy) is 1. The molecule has 2 atom stereocenters. The van der Waals surface area contributed by atoms with Crippen LogP contribution in [0.2, 0.25) is 0 Å². The van der Waals surface area contributed by atoms with Gasteiger partial charge in [-0.15, -0.1) is 0 Å². The fourth-order valence-corrected chi connectivity index (χ4v) is 3.11. The van der Waals surface area contributed by atoms with E-state index < -0.39 is 0 Å². The van der Waals surface area contributed by atoms with Crippen molar-refractivity contribution in [2.45, 2.75) is 51.2 Å². The third kappa shape index (κ3) is 3.20. The number of rotatable bonds is 2. The van der Waals surface area contributed by atoms with Crippen molar-refractivity contribution >= 4 is 6.03 Å². The van der Waals surface area contributed by atoms with Gasteiger partial charge in [-0.25, -0.2) is 4.79 Å². The lowest BCUT2D eigenvalue weighted by Crippen LogP contribution is -2.49. The molecule has 1 aromatic heterocycles. The van der Waals surface area contributed by atoms with E-state index in [4.69, 9.17) is 9.26 Å². The highest BCUT2D eigenvalue weighted by atomic mass is 16.5. The topological polar surface area (TPSA) is 67.6 Å². The van der Waals surface area contributed by atoms with Crippen LogP contribution in [0.15, 0.2) is 10.6 Å². The summed E-state index contributed by atoms with van der Waals surface area (Å²) in [5, 5.41) is 7.02. The van der Waals surface area contributed by atoms with Crippen molar-refractivity contribution in [3.63, 3.8) is 0 Å². The van der Waals surface area contributed by atoms with Crippen molar-refractivity contribution in [2.75, 3.05) is 19.7 Å². The zero-order chi connectivity index (χ0) is 14.8. The Balaban J connectivity index is 1.50. The van der Waals surface area contributed by atoms with Crippen molar-refractivity contribution in [1.82, 2.24) is 15.4 Å². The number of likely N-dealkylation sites (tertiary alicyclic amines) is 1. The zero-order valence-electron chi connectivity index (χ0n) is 12.7. The van der Waals surface area contributed by atoms with Gasteiger partial charge in [0.2, 0.25) is 0 Å². The molecule has 6 nitrogen and oxygen atoms in total. The van der Waals surface area contributed by atoms with Crippen LogP contribution >= 0.6 is 0 Å². The van der Waals surface area contributed by atoms with Gasteiger partial charge in [-0.3, -0.25) is 0 Å².